The van der Waals surface area contributed by atoms with Crippen molar-refractivity contribution in [3.63, 3.8) is 0 Å². The molecule has 0 heterocycles. The molecule has 1 atom stereocenters. The minimum absolute atomic E-state index is 0.261. The van der Waals surface area contributed by atoms with Crippen LogP contribution in [0.1, 0.15) is 81.3 Å². The van der Waals surface area contributed by atoms with Crippen molar-refractivity contribution in [3.05, 3.63) is 160 Å². The number of hydrogen-bond donors (Lipinski definition) is 0. The zero-order valence-corrected chi connectivity index (χ0v) is 32.5. The van der Waals surface area contributed by atoms with Crippen LogP contribution in [0.25, 0.3) is 21.5 Å². The Morgan fingerprint density at radius 2 is 0.942 bits per heavy atom. The van der Waals surface area contributed by atoms with Crippen molar-refractivity contribution >= 4 is 50.0 Å². The third-order valence-corrected chi connectivity index (χ3v) is 11.6. The van der Waals surface area contributed by atoms with Crippen LogP contribution >= 0.6 is 0 Å². The van der Waals surface area contributed by atoms with Gasteiger partial charge in [-0.15, -0.1) is 0 Å². The maximum absolute atomic E-state index is 2.56. The highest BCUT2D eigenvalue weighted by Gasteiger charge is 2.23. The van der Waals surface area contributed by atoms with E-state index in [1.54, 1.807) is 0 Å². The molecule has 0 saturated carbocycles. The number of aryl methyl sites for hydroxylation is 6. The normalized spacial score (nSPS) is 14.4. The van der Waals surface area contributed by atoms with Crippen LogP contribution in [-0.2, 0) is 25.7 Å². The lowest BCUT2D eigenvalue weighted by atomic mass is 9.94. The van der Waals surface area contributed by atoms with Crippen LogP contribution in [0.15, 0.2) is 126 Å². The molecule has 0 bridgehead atoms. The second kappa shape index (κ2) is 14.9. The Balaban J connectivity index is 1.33. The van der Waals surface area contributed by atoms with E-state index in [-0.39, 0.29) is 6.04 Å². The Hall–Kier alpha value is -5.08. The summed E-state index contributed by atoms with van der Waals surface area (Å²) >= 11 is 0. The van der Waals surface area contributed by atoms with E-state index in [0.29, 0.717) is 0 Å². The van der Waals surface area contributed by atoms with Crippen LogP contribution in [0, 0.1) is 13.8 Å². The fourth-order valence-corrected chi connectivity index (χ4v) is 8.17. The highest BCUT2D eigenvalue weighted by Crippen LogP contribution is 2.41. The Kier molecular flexibility index (Phi) is 10.1. The molecule has 0 fully saturated rings. The molecule has 52 heavy (non-hydrogen) atoms. The van der Waals surface area contributed by atoms with E-state index in [4.69, 9.17) is 0 Å². The standard InChI is InChI=1S/C50H54N2/c1-9-37-17-21-45(29-39(37)11-3)51(43-19-13-33(5)35(7)27-43)47-23-25-49-41(31-47)15-16-42-32-48(24-26-50(42)49)52(44-20-14-34(6)36(8)28-44)46-22-18-38(10-2)40(12-4)30-46/h13-19,21-32,44H,9-12,20H2,1-8H3. The van der Waals surface area contributed by atoms with E-state index in [9.17, 15) is 0 Å². The van der Waals surface area contributed by atoms with Crippen molar-refractivity contribution in [3.8, 4) is 0 Å². The number of benzene rings is 6. The number of rotatable bonds is 10. The lowest BCUT2D eigenvalue weighted by Crippen LogP contribution is -2.31. The first kappa shape index (κ1) is 35.3. The third-order valence-electron chi connectivity index (χ3n) is 11.6. The van der Waals surface area contributed by atoms with E-state index in [1.165, 1.54) is 94.5 Å². The van der Waals surface area contributed by atoms with Gasteiger partial charge in [0.15, 0.2) is 0 Å². The first-order valence-corrected chi connectivity index (χ1v) is 19.4. The van der Waals surface area contributed by atoms with Crippen LogP contribution in [0.5, 0.6) is 0 Å². The number of allylic oxidation sites excluding steroid dienone is 2. The monoisotopic (exact) mass is 682 g/mol. The largest absolute Gasteiger partial charge is 0.334 e. The summed E-state index contributed by atoms with van der Waals surface area (Å²) in [4.78, 5) is 4.99. The number of nitrogens with zero attached hydrogens (tertiary/aromatic N) is 2. The van der Waals surface area contributed by atoms with E-state index >= 15 is 0 Å². The van der Waals surface area contributed by atoms with Gasteiger partial charge in [-0.2, -0.15) is 0 Å². The van der Waals surface area contributed by atoms with Gasteiger partial charge in [-0.1, -0.05) is 93.5 Å². The molecule has 2 heteroatoms. The molecule has 0 saturated heterocycles. The van der Waals surface area contributed by atoms with E-state index in [0.717, 1.165) is 32.1 Å². The van der Waals surface area contributed by atoms with Gasteiger partial charge in [-0.25, -0.2) is 0 Å². The minimum Gasteiger partial charge on any atom is -0.334 e. The SMILES string of the molecule is CCc1ccc(N(c2ccc(C)c(C)c2)c2ccc3c(ccc4cc(N(c5ccc(CC)c(CC)c5)C5C=C(C)C(C)=CC5)ccc43)c2)cc1CC. The summed E-state index contributed by atoms with van der Waals surface area (Å²) in [6.45, 7) is 17.9. The molecule has 0 aliphatic heterocycles. The van der Waals surface area contributed by atoms with Crippen molar-refractivity contribution in [2.45, 2.75) is 93.5 Å². The summed E-state index contributed by atoms with van der Waals surface area (Å²) in [5, 5.41) is 5.08. The van der Waals surface area contributed by atoms with Gasteiger partial charge in [-0.05, 0) is 175 Å². The van der Waals surface area contributed by atoms with Crippen LogP contribution in [0.2, 0.25) is 0 Å². The second-order valence-electron chi connectivity index (χ2n) is 14.7. The fourth-order valence-electron chi connectivity index (χ4n) is 8.17. The van der Waals surface area contributed by atoms with Crippen molar-refractivity contribution in [2.24, 2.45) is 0 Å². The van der Waals surface area contributed by atoms with Gasteiger partial charge in [-0.3, -0.25) is 0 Å². The molecule has 2 nitrogen and oxygen atoms in total. The molecule has 264 valence electrons. The Morgan fingerprint density at radius 1 is 0.462 bits per heavy atom. The Morgan fingerprint density at radius 3 is 1.54 bits per heavy atom. The van der Waals surface area contributed by atoms with E-state index < -0.39 is 0 Å². The van der Waals surface area contributed by atoms with Crippen molar-refractivity contribution in [1.29, 1.82) is 0 Å². The van der Waals surface area contributed by atoms with Crippen LogP contribution < -0.4 is 9.80 Å². The molecule has 0 amide bonds. The third kappa shape index (κ3) is 6.68. The van der Waals surface area contributed by atoms with Gasteiger partial charge in [0.2, 0.25) is 0 Å². The predicted molar refractivity (Wildman–Crippen MR) is 228 cm³/mol. The average Bonchev–Trinajstić information content (AvgIpc) is 3.17. The maximum atomic E-state index is 2.56. The summed E-state index contributed by atoms with van der Waals surface area (Å²) in [5.41, 5.74) is 17.2. The Bertz CT molecular complexity index is 2340. The molecule has 0 N–H and O–H groups in total. The van der Waals surface area contributed by atoms with E-state index in [2.05, 4.69) is 180 Å². The van der Waals surface area contributed by atoms with Crippen LogP contribution in [0.4, 0.5) is 28.4 Å². The average molecular weight is 683 g/mol. The maximum Gasteiger partial charge on any atom is 0.0562 e. The smallest absolute Gasteiger partial charge is 0.0562 e. The van der Waals surface area contributed by atoms with E-state index in [1.807, 2.05) is 0 Å². The minimum atomic E-state index is 0.261. The lowest BCUT2D eigenvalue weighted by Gasteiger charge is -2.34. The van der Waals surface area contributed by atoms with Gasteiger partial charge in [0.1, 0.15) is 0 Å². The number of anilines is 5. The summed E-state index contributed by atoms with van der Waals surface area (Å²) in [5.74, 6) is 0. The molecule has 1 aliphatic rings. The first-order chi connectivity index (χ1) is 25.2. The summed E-state index contributed by atoms with van der Waals surface area (Å²) in [7, 11) is 0. The molecule has 0 aromatic heterocycles. The number of fused-ring (bicyclic) bond motifs is 3. The molecule has 7 rings (SSSR count). The summed E-state index contributed by atoms with van der Waals surface area (Å²) < 4.78 is 0. The molecule has 1 unspecified atom stereocenters. The molecule has 6 aromatic rings. The fraction of sp³-hybridized carbons (Fsp3) is 0.280. The topological polar surface area (TPSA) is 6.48 Å². The highest BCUT2D eigenvalue weighted by molar-refractivity contribution is 6.09. The van der Waals surface area contributed by atoms with Crippen molar-refractivity contribution < 1.29 is 0 Å². The second-order valence-corrected chi connectivity index (χ2v) is 14.7. The van der Waals surface area contributed by atoms with Crippen LogP contribution in [-0.4, -0.2) is 6.04 Å². The zero-order chi connectivity index (χ0) is 36.5. The van der Waals surface area contributed by atoms with Gasteiger partial charge in [0, 0.05) is 28.4 Å². The summed E-state index contributed by atoms with van der Waals surface area (Å²) in [6, 6.07) is 39.9. The Labute approximate surface area is 312 Å². The predicted octanol–water partition coefficient (Wildman–Crippen LogP) is 14.1. The van der Waals surface area contributed by atoms with Gasteiger partial charge < -0.3 is 9.80 Å². The molecule has 6 aromatic carbocycles. The quantitative estimate of drug-likeness (QED) is 0.133. The van der Waals surface area contributed by atoms with Gasteiger partial charge >= 0.3 is 0 Å². The molecular formula is C50H54N2. The molecule has 0 radical (unpaired) electrons. The van der Waals surface area contributed by atoms with Crippen molar-refractivity contribution in [1.82, 2.24) is 0 Å². The molecule has 0 spiro atoms. The van der Waals surface area contributed by atoms with Gasteiger partial charge in [0.25, 0.3) is 0 Å². The molecule has 1 aliphatic carbocycles. The highest BCUT2D eigenvalue weighted by atomic mass is 15.2. The zero-order valence-electron chi connectivity index (χ0n) is 32.5. The molecular weight excluding hydrogens is 629 g/mol. The number of hydrogen-bond acceptors (Lipinski definition) is 2. The van der Waals surface area contributed by atoms with Gasteiger partial charge in [0.05, 0.1) is 6.04 Å². The lowest BCUT2D eigenvalue weighted by molar-refractivity contribution is 0.770. The first-order valence-electron chi connectivity index (χ1n) is 19.4. The van der Waals surface area contributed by atoms with Crippen molar-refractivity contribution in [2.75, 3.05) is 9.80 Å². The summed E-state index contributed by atoms with van der Waals surface area (Å²) in [6.07, 6.45) is 10.0. The van der Waals surface area contributed by atoms with Crippen LogP contribution in [0.3, 0.4) is 0 Å².